The second-order valence-electron chi connectivity index (χ2n) is 6.15. The number of ether oxygens (including phenoxy) is 3. The zero-order chi connectivity index (χ0) is 20.1. The van der Waals surface area contributed by atoms with Gasteiger partial charge in [0, 0.05) is 14.2 Å². The maximum Gasteiger partial charge on any atom is 0.416 e. The van der Waals surface area contributed by atoms with Crippen molar-refractivity contribution < 1.29 is 27.4 Å². The molecule has 1 heterocycles. The molecule has 150 valence electrons. The van der Waals surface area contributed by atoms with Crippen LogP contribution in [0.2, 0.25) is 0 Å². The molecule has 0 aliphatic carbocycles. The number of amidine groups is 1. The topological polar surface area (TPSA) is 52.1 Å². The van der Waals surface area contributed by atoms with E-state index in [4.69, 9.17) is 14.2 Å². The van der Waals surface area contributed by atoms with Crippen LogP contribution in [-0.4, -0.2) is 46.0 Å². The van der Waals surface area contributed by atoms with Crippen LogP contribution < -0.4 is 10.1 Å². The molecule has 0 aromatic heterocycles. The maximum atomic E-state index is 12.8. The van der Waals surface area contributed by atoms with Gasteiger partial charge in [0.05, 0.1) is 24.2 Å². The molecule has 8 heteroatoms. The van der Waals surface area contributed by atoms with Gasteiger partial charge in [-0.1, -0.05) is 18.2 Å². The van der Waals surface area contributed by atoms with Crippen molar-refractivity contribution in [3.8, 4) is 16.9 Å². The average Bonchev–Trinajstić information content (AvgIpc) is 2.90. The summed E-state index contributed by atoms with van der Waals surface area (Å²) in [4.78, 5) is 4.53. The van der Waals surface area contributed by atoms with Crippen molar-refractivity contribution in [3.05, 3.63) is 53.6 Å². The molecule has 1 N–H and O–H groups in total. The molecule has 0 saturated carbocycles. The van der Waals surface area contributed by atoms with Crippen LogP contribution in [0.25, 0.3) is 11.1 Å². The molecular weight excluding hydrogens is 373 g/mol. The molecule has 0 saturated heterocycles. The SMILES string of the molecule is COC(C/N=C1\NCCOc2ccc(-c3ccc(C(F)(F)F)cc3)cc21)OC. The normalized spacial score (nSPS) is 15.7. The van der Waals surface area contributed by atoms with Gasteiger partial charge < -0.3 is 19.5 Å². The first-order valence-corrected chi connectivity index (χ1v) is 8.71. The van der Waals surface area contributed by atoms with Crippen molar-refractivity contribution in [3.63, 3.8) is 0 Å². The number of hydrogen-bond donors (Lipinski definition) is 1. The number of nitrogens with zero attached hydrogens (tertiary/aromatic N) is 1. The molecule has 1 aliphatic rings. The molecule has 28 heavy (non-hydrogen) atoms. The molecule has 0 unspecified atom stereocenters. The van der Waals surface area contributed by atoms with E-state index in [9.17, 15) is 13.2 Å². The van der Waals surface area contributed by atoms with Gasteiger partial charge in [-0.3, -0.25) is 4.99 Å². The highest BCUT2D eigenvalue weighted by Crippen LogP contribution is 2.32. The lowest BCUT2D eigenvalue weighted by Gasteiger charge is -2.14. The third-order valence-corrected chi connectivity index (χ3v) is 4.36. The summed E-state index contributed by atoms with van der Waals surface area (Å²) in [6.45, 7) is 1.34. The number of hydrogen-bond acceptors (Lipinski definition) is 4. The zero-order valence-corrected chi connectivity index (χ0v) is 15.5. The quantitative estimate of drug-likeness (QED) is 0.786. The van der Waals surface area contributed by atoms with Crippen LogP contribution in [-0.2, 0) is 15.7 Å². The van der Waals surface area contributed by atoms with Crippen molar-refractivity contribution in [2.45, 2.75) is 12.5 Å². The Hall–Kier alpha value is -2.58. The van der Waals surface area contributed by atoms with Crippen molar-refractivity contribution in [1.82, 2.24) is 5.32 Å². The van der Waals surface area contributed by atoms with E-state index in [2.05, 4.69) is 10.3 Å². The molecule has 0 fully saturated rings. The maximum absolute atomic E-state index is 12.8. The summed E-state index contributed by atoms with van der Waals surface area (Å²) >= 11 is 0. The Morgan fingerprint density at radius 3 is 2.39 bits per heavy atom. The van der Waals surface area contributed by atoms with Gasteiger partial charge in [0.25, 0.3) is 0 Å². The number of halogens is 3. The van der Waals surface area contributed by atoms with Crippen LogP contribution in [0.3, 0.4) is 0 Å². The Bertz CT molecular complexity index is 832. The third kappa shape index (κ3) is 4.63. The number of benzene rings is 2. The van der Waals surface area contributed by atoms with Gasteiger partial charge in [0.1, 0.15) is 18.2 Å². The summed E-state index contributed by atoms with van der Waals surface area (Å²) in [5, 5.41) is 3.21. The monoisotopic (exact) mass is 394 g/mol. The summed E-state index contributed by atoms with van der Waals surface area (Å²) in [6, 6.07) is 10.5. The molecule has 0 atom stereocenters. The Morgan fingerprint density at radius 1 is 1.07 bits per heavy atom. The van der Waals surface area contributed by atoms with Gasteiger partial charge >= 0.3 is 6.18 Å². The standard InChI is InChI=1S/C20H21F3N2O3/c1-26-18(27-2)12-25-19-16-11-14(5-8-17(16)28-10-9-24-19)13-3-6-15(7-4-13)20(21,22)23/h3-8,11,18H,9-10,12H2,1-2H3,(H,24,25). The van der Waals surface area contributed by atoms with Crippen LogP contribution >= 0.6 is 0 Å². The fraction of sp³-hybridized carbons (Fsp3) is 0.350. The fourth-order valence-electron chi connectivity index (χ4n) is 2.85. The van der Waals surface area contributed by atoms with Gasteiger partial charge in [0.2, 0.25) is 0 Å². The summed E-state index contributed by atoms with van der Waals surface area (Å²) in [6.07, 6.45) is -4.83. The van der Waals surface area contributed by atoms with Gasteiger partial charge in [-0.25, -0.2) is 0 Å². The van der Waals surface area contributed by atoms with Gasteiger partial charge in [0.15, 0.2) is 6.29 Å². The Kier molecular flexibility index (Phi) is 6.21. The van der Waals surface area contributed by atoms with E-state index in [1.54, 1.807) is 6.07 Å². The largest absolute Gasteiger partial charge is 0.491 e. The number of aliphatic imine (C=N–C) groups is 1. The van der Waals surface area contributed by atoms with E-state index in [0.717, 1.165) is 23.3 Å². The minimum Gasteiger partial charge on any atom is -0.491 e. The van der Waals surface area contributed by atoms with E-state index in [0.29, 0.717) is 36.8 Å². The van der Waals surface area contributed by atoms with Crippen molar-refractivity contribution >= 4 is 5.84 Å². The number of alkyl halides is 3. The third-order valence-electron chi connectivity index (χ3n) is 4.36. The fourth-order valence-corrected chi connectivity index (χ4v) is 2.85. The molecule has 1 aliphatic heterocycles. The minimum absolute atomic E-state index is 0.291. The lowest BCUT2D eigenvalue weighted by atomic mass is 10.0. The summed E-state index contributed by atoms with van der Waals surface area (Å²) < 4.78 is 54.4. The average molecular weight is 394 g/mol. The van der Waals surface area contributed by atoms with Crippen LogP contribution in [0.1, 0.15) is 11.1 Å². The smallest absolute Gasteiger partial charge is 0.416 e. The van der Waals surface area contributed by atoms with Crippen molar-refractivity contribution in [2.75, 3.05) is 33.9 Å². The van der Waals surface area contributed by atoms with E-state index >= 15 is 0 Å². The Balaban J connectivity index is 1.93. The molecule has 3 rings (SSSR count). The number of rotatable bonds is 5. The summed E-state index contributed by atoms with van der Waals surface area (Å²) in [5.74, 6) is 1.28. The van der Waals surface area contributed by atoms with Crippen LogP contribution in [0.5, 0.6) is 5.75 Å². The predicted molar refractivity (Wildman–Crippen MR) is 99.6 cm³/mol. The molecule has 0 amide bonds. The highest BCUT2D eigenvalue weighted by atomic mass is 19.4. The van der Waals surface area contributed by atoms with E-state index in [-0.39, 0.29) is 0 Å². The minimum atomic E-state index is -4.36. The zero-order valence-electron chi connectivity index (χ0n) is 15.5. The molecule has 2 aromatic carbocycles. The van der Waals surface area contributed by atoms with E-state index in [1.165, 1.54) is 26.4 Å². The van der Waals surface area contributed by atoms with Crippen LogP contribution in [0.15, 0.2) is 47.5 Å². The Morgan fingerprint density at radius 2 is 1.75 bits per heavy atom. The molecule has 5 nitrogen and oxygen atoms in total. The molecule has 0 radical (unpaired) electrons. The van der Waals surface area contributed by atoms with Crippen molar-refractivity contribution in [1.29, 1.82) is 0 Å². The first-order chi connectivity index (χ1) is 13.4. The summed E-state index contributed by atoms with van der Waals surface area (Å²) in [5.41, 5.74) is 1.50. The lowest BCUT2D eigenvalue weighted by molar-refractivity contribution is -0.137. The van der Waals surface area contributed by atoms with E-state index in [1.807, 2.05) is 12.1 Å². The van der Waals surface area contributed by atoms with Crippen molar-refractivity contribution in [2.24, 2.45) is 4.99 Å². The predicted octanol–water partition coefficient (Wildman–Crippen LogP) is 3.72. The first-order valence-electron chi connectivity index (χ1n) is 8.71. The molecule has 0 bridgehead atoms. The number of nitrogens with one attached hydrogen (secondary N) is 1. The van der Waals surface area contributed by atoms with E-state index < -0.39 is 18.0 Å². The van der Waals surface area contributed by atoms with Gasteiger partial charge in [-0.2, -0.15) is 13.2 Å². The highest BCUT2D eigenvalue weighted by Gasteiger charge is 2.30. The van der Waals surface area contributed by atoms with Gasteiger partial charge in [-0.05, 0) is 35.4 Å². The summed E-state index contributed by atoms with van der Waals surface area (Å²) in [7, 11) is 3.07. The lowest BCUT2D eigenvalue weighted by Crippen LogP contribution is -2.27. The van der Waals surface area contributed by atoms with Gasteiger partial charge in [-0.15, -0.1) is 0 Å². The number of fused-ring (bicyclic) bond motifs is 1. The Labute approximate surface area is 161 Å². The van der Waals surface area contributed by atoms with Crippen LogP contribution in [0.4, 0.5) is 13.2 Å². The molecule has 0 spiro atoms. The first kappa shape index (κ1) is 20.2. The molecule has 2 aromatic rings. The van der Waals surface area contributed by atoms with Crippen LogP contribution in [0, 0.1) is 0 Å². The second-order valence-corrected chi connectivity index (χ2v) is 6.15. The highest BCUT2D eigenvalue weighted by molar-refractivity contribution is 6.02. The second kappa shape index (κ2) is 8.62. The molecular formula is C20H21F3N2O3. The number of methoxy groups -OCH3 is 2.